The number of benzene rings is 1. The Labute approximate surface area is 112 Å². The van der Waals surface area contributed by atoms with Crippen LogP contribution in [-0.4, -0.2) is 15.6 Å². The van der Waals surface area contributed by atoms with Crippen LogP contribution in [0.25, 0.3) is 0 Å². The van der Waals surface area contributed by atoms with Gasteiger partial charge >= 0.3 is 0 Å². The van der Waals surface area contributed by atoms with Gasteiger partial charge in [-0.05, 0) is 32.4 Å². The summed E-state index contributed by atoms with van der Waals surface area (Å²) in [5.74, 6) is 0.216. The van der Waals surface area contributed by atoms with Gasteiger partial charge in [-0.2, -0.15) is 0 Å². The number of halogens is 1. The van der Waals surface area contributed by atoms with Crippen molar-refractivity contribution < 1.29 is 9.13 Å². The molecule has 19 heavy (non-hydrogen) atoms. The summed E-state index contributed by atoms with van der Waals surface area (Å²) in [6, 6.07) is 6.65. The van der Waals surface area contributed by atoms with Gasteiger partial charge in [0.1, 0.15) is 17.1 Å². The SMILES string of the molecule is CC(C)(C)Oc1nccnc1Cc1ccccc1F. The van der Waals surface area contributed by atoms with Gasteiger partial charge in [-0.15, -0.1) is 0 Å². The third kappa shape index (κ3) is 3.74. The fourth-order valence-corrected chi connectivity index (χ4v) is 1.67. The molecule has 1 aromatic carbocycles. The molecule has 4 heteroatoms. The third-order valence-corrected chi connectivity index (χ3v) is 2.45. The topological polar surface area (TPSA) is 35.0 Å². The molecule has 0 radical (unpaired) electrons. The van der Waals surface area contributed by atoms with E-state index in [0.717, 1.165) is 0 Å². The van der Waals surface area contributed by atoms with E-state index in [1.165, 1.54) is 6.07 Å². The van der Waals surface area contributed by atoms with E-state index in [1.807, 2.05) is 20.8 Å². The van der Waals surface area contributed by atoms with Gasteiger partial charge in [0.2, 0.25) is 5.88 Å². The highest BCUT2D eigenvalue weighted by molar-refractivity contribution is 5.28. The van der Waals surface area contributed by atoms with Gasteiger partial charge in [0.15, 0.2) is 0 Å². The van der Waals surface area contributed by atoms with Crippen molar-refractivity contribution in [1.82, 2.24) is 9.97 Å². The Hall–Kier alpha value is -1.97. The monoisotopic (exact) mass is 260 g/mol. The molecule has 2 rings (SSSR count). The molecule has 0 bridgehead atoms. The van der Waals surface area contributed by atoms with Crippen molar-refractivity contribution in [3.05, 3.63) is 53.7 Å². The molecule has 0 amide bonds. The van der Waals surface area contributed by atoms with Crippen molar-refractivity contribution in [2.24, 2.45) is 0 Å². The molecule has 0 N–H and O–H groups in total. The second-order valence-electron chi connectivity index (χ2n) is 5.29. The van der Waals surface area contributed by atoms with Crippen LogP contribution in [0.5, 0.6) is 5.88 Å². The molecule has 0 aliphatic rings. The maximum Gasteiger partial charge on any atom is 0.236 e. The quantitative estimate of drug-likeness (QED) is 0.848. The zero-order chi connectivity index (χ0) is 13.9. The lowest BCUT2D eigenvalue weighted by Crippen LogP contribution is -2.24. The summed E-state index contributed by atoms with van der Waals surface area (Å²) in [7, 11) is 0. The van der Waals surface area contributed by atoms with Crippen molar-refractivity contribution in [2.45, 2.75) is 32.8 Å². The predicted octanol–water partition coefficient (Wildman–Crippen LogP) is 3.38. The van der Waals surface area contributed by atoms with E-state index in [1.54, 1.807) is 30.6 Å². The van der Waals surface area contributed by atoms with Crippen LogP contribution in [-0.2, 0) is 6.42 Å². The van der Waals surface area contributed by atoms with Gasteiger partial charge < -0.3 is 4.74 Å². The van der Waals surface area contributed by atoms with Crippen molar-refractivity contribution in [1.29, 1.82) is 0 Å². The van der Waals surface area contributed by atoms with Crippen LogP contribution >= 0.6 is 0 Å². The van der Waals surface area contributed by atoms with E-state index in [2.05, 4.69) is 9.97 Å². The summed E-state index contributed by atoms with van der Waals surface area (Å²) in [5.41, 5.74) is 0.865. The zero-order valence-corrected chi connectivity index (χ0v) is 11.4. The summed E-state index contributed by atoms with van der Waals surface area (Å²) in [5, 5.41) is 0. The fraction of sp³-hybridized carbons (Fsp3) is 0.333. The van der Waals surface area contributed by atoms with Crippen LogP contribution in [0.4, 0.5) is 4.39 Å². The molecule has 0 saturated carbocycles. The lowest BCUT2D eigenvalue weighted by Gasteiger charge is -2.21. The molecule has 0 fully saturated rings. The lowest BCUT2D eigenvalue weighted by molar-refractivity contribution is 0.122. The molecule has 0 saturated heterocycles. The molecule has 0 aliphatic carbocycles. The second-order valence-corrected chi connectivity index (χ2v) is 5.29. The average molecular weight is 260 g/mol. The summed E-state index contributed by atoms with van der Waals surface area (Å²) in [6.07, 6.45) is 3.53. The van der Waals surface area contributed by atoms with Gasteiger partial charge in [0.05, 0.1) is 0 Å². The van der Waals surface area contributed by atoms with Gasteiger partial charge in [-0.25, -0.2) is 9.37 Å². The average Bonchev–Trinajstić information content (AvgIpc) is 2.33. The minimum atomic E-state index is -0.361. The van der Waals surface area contributed by atoms with Gasteiger partial charge in [-0.1, -0.05) is 18.2 Å². The highest BCUT2D eigenvalue weighted by atomic mass is 19.1. The fourth-order valence-electron chi connectivity index (χ4n) is 1.67. The first kappa shape index (κ1) is 13.5. The molecule has 1 aromatic heterocycles. The van der Waals surface area contributed by atoms with Crippen molar-refractivity contribution in [2.75, 3.05) is 0 Å². The summed E-state index contributed by atoms with van der Waals surface area (Å²) in [6.45, 7) is 5.82. The predicted molar refractivity (Wildman–Crippen MR) is 71.6 cm³/mol. The van der Waals surface area contributed by atoms with Crippen LogP contribution in [0.3, 0.4) is 0 Å². The van der Waals surface area contributed by atoms with Crippen LogP contribution in [0.15, 0.2) is 36.7 Å². The second kappa shape index (κ2) is 5.34. The summed E-state index contributed by atoms with van der Waals surface area (Å²) < 4.78 is 19.4. The van der Waals surface area contributed by atoms with E-state index >= 15 is 0 Å². The standard InChI is InChI=1S/C15H17FN2O/c1-15(2,3)19-14-13(17-8-9-18-14)10-11-6-4-5-7-12(11)16/h4-9H,10H2,1-3H3. The maximum absolute atomic E-state index is 13.7. The number of nitrogens with zero attached hydrogens (tertiary/aromatic N) is 2. The van der Waals surface area contributed by atoms with Crippen LogP contribution in [0.2, 0.25) is 0 Å². The largest absolute Gasteiger partial charge is 0.471 e. The Morgan fingerprint density at radius 2 is 1.79 bits per heavy atom. The smallest absolute Gasteiger partial charge is 0.236 e. The Morgan fingerprint density at radius 1 is 1.11 bits per heavy atom. The Balaban J connectivity index is 2.28. The number of ether oxygens (including phenoxy) is 1. The first-order valence-electron chi connectivity index (χ1n) is 6.18. The molecular formula is C15H17FN2O. The minimum absolute atomic E-state index is 0.241. The Kier molecular flexibility index (Phi) is 3.79. The molecule has 0 unspecified atom stereocenters. The molecule has 0 aliphatic heterocycles. The number of hydrogen-bond donors (Lipinski definition) is 0. The minimum Gasteiger partial charge on any atom is -0.471 e. The van der Waals surface area contributed by atoms with Crippen molar-refractivity contribution in [3.8, 4) is 5.88 Å². The summed E-state index contributed by atoms with van der Waals surface area (Å²) >= 11 is 0. The van der Waals surface area contributed by atoms with Crippen LogP contribution in [0.1, 0.15) is 32.0 Å². The van der Waals surface area contributed by atoms with E-state index in [9.17, 15) is 4.39 Å². The summed E-state index contributed by atoms with van der Waals surface area (Å²) in [4.78, 5) is 8.43. The lowest BCUT2D eigenvalue weighted by atomic mass is 10.1. The zero-order valence-electron chi connectivity index (χ0n) is 11.4. The Morgan fingerprint density at radius 3 is 2.47 bits per heavy atom. The van der Waals surface area contributed by atoms with Gasteiger partial charge in [0, 0.05) is 18.8 Å². The first-order chi connectivity index (χ1) is 8.96. The maximum atomic E-state index is 13.7. The third-order valence-electron chi connectivity index (χ3n) is 2.45. The first-order valence-corrected chi connectivity index (χ1v) is 6.18. The van der Waals surface area contributed by atoms with Gasteiger partial charge in [-0.3, -0.25) is 4.98 Å². The molecule has 3 nitrogen and oxygen atoms in total. The molecule has 0 atom stereocenters. The van der Waals surface area contributed by atoms with E-state index < -0.39 is 0 Å². The molecule has 2 aromatic rings. The van der Waals surface area contributed by atoms with Crippen LogP contribution < -0.4 is 4.74 Å². The van der Waals surface area contributed by atoms with E-state index in [0.29, 0.717) is 23.6 Å². The van der Waals surface area contributed by atoms with E-state index in [-0.39, 0.29) is 11.4 Å². The van der Waals surface area contributed by atoms with E-state index in [4.69, 9.17) is 4.74 Å². The normalized spacial score (nSPS) is 11.4. The van der Waals surface area contributed by atoms with Crippen molar-refractivity contribution in [3.63, 3.8) is 0 Å². The van der Waals surface area contributed by atoms with Crippen molar-refractivity contribution >= 4 is 0 Å². The number of hydrogen-bond acceptors (Lipinski definition) is 3. The molecule has 0 spiro atoms. The van der Waals surface area contributed by atoms with Gasteiger partial charge in [0.25, 0.3) is 0 Å². The molecule has 100 valence electrons. The number of rotatable bonds is 3. The number of aromatic nitrogens is 2. The highest BCUT2D eigenvalue weighted by Crippen LogP contribution is 2.21. The Bertz CT molecular complexity index is 564. The molecule has 1 heterocycles. The highest BCUT2D eigenvalue weighted by Gasteiger charge is 2.17. The molecular weight excluding hydrogens is 243 g/mol. The van der Waals surface area contributed by atoms with Crippen LogP contribution in [0, 0.1) is 5.82 Å².